The molecule has 3 aromatic carbocycles. The molecule has 0 aliphatic rings. The Morgan fingerprint density at radius 1 is 0.439 bits per heavy atom. The van der Waals surface area contributed by atoms with E-state index < -0.39 is 7.92 Å². The third kappa shape index (κ3) is 23.3. The molecule has 41 heavy (non-hydrogen) atoms. The number of unbranched alkanes of at least 4 members (excludes halogenated alkanes) is 3. The van der Waals surface area contributed by atoms with Crippen LogP contribution >= 0.6 is 15.8 Å². The first-order valence-corrected chi connectivity index (χ1v) is 16.5. The summed E-state index contributed by atoms with van der Waals surface area (Å²) in [4.78, 5) is 0. The molecular weight excluding hydrogens is 586 g/mol. The molecule has 4 nitrogen and oxygen atoms in total. The molecule has 0 N–H and O–H groups in total. The average Bonchev–Trinajstić information content (AvgIpc) is 3.06. The normalized spacial score (nSPS) is 8.61. The summed E-state index contributed by atoms with van der Waals surface area (Å²) in [5.74, 6) is 0. The second kappa shape index (κ2) is 38.0. The maximum Gasteiger partial charge on any atom is 0 e. The van der Waals surface area contributed by atoms with Crippen molar-refractivity contribution in [2.75, 3.05) is 18.5 Å². The van der Waals surface area contributed by atoms with Gasteiger partial charge in [-0.05, 0) is 61.6 Å². The van der Waals surface area contributed by atoms with Crippen LogP contribution in [0.4, 0.5) is 0 Å². The van der Waals surface area contributed by atoms with Crippen molar-refractivity contribution in [2.24, 2.45) is 0 Å². The molecule has 0 radical (unpaired) electrons. The molecule has 0 bridgehead atoms. The molecule has 0 saturated carbocycles. The molecule has 0 atom stereocenters. The molecule has 0 aliphatic carbocycles. The van der Waals surface area contributed by atoms with Crippen LogP contribution in [0.3, 0.4) is 0 Å². The van der Waals surface area contributed by atoms with Crippen LogP contribution in [0.2, 0.25) is 0 Å². The quantitative estimate of drug-likeness (QED) is 0.110. The largest absolute Gasteiger partial charge is 0.0622 e. The molecule has 3 rings (SSSR count). The molecule has 0 spiro atoms. The van der Waals surface area contributed by atoms with E-state index in [4.69, 9.17) is 18.6 Å². The minimum atomic E-state index is -0.446. The molecule has 0 fully saturated rings. The Kier molecular flexibility index (Phi) is 42.6. The fourth-order valence-corrected chi connectivity index (χ4v) is 8.93. The average molecular weight is 629 g/mol. The van der Waals surface area contributed by atoms with Crippen LogP contribution in [0.15, 0.2) is 91.0 Å². The Morgan fingerprint density at radius 3 is 0.854 bits per heavy atom. The molecular formula is C34H42CrO4P2. The van der Waals surface area contributed by atoms with Gasteiger partial charge in [0.1, 0.15) is 0 Å². The summed E-state index contributed by atoms with van der Waals surface area (Å²) < 4.78 is 30.0. The maximum atomic E-state index is 7.50. The van der Waals surface area contributed by atoms with Crippen LogP contribution in [-0.4, -0.2) is 18.5 Å². The van der Waals surface area contributed by atoms with Crippen molar-refractivity contribution in [3.8, 4) is 0 Å². The molecule has 0 aromatic heterocycles. The van der Waals surface area contributed by atoms with E-state index in [1.54, 1.807) is 18.5 Å². The van der Waals surface area contributed by atoms with E-state index in [0.29, 0.717) is 7.92 Å². The van der Waals surface area contributed by atoms with Gasteiger partial charge in [-0.2, -0.15) is 0 Å². The van der Waals surface area contributed by atoms with E-state index in [1.165, 1.54) is 54.4 Å². The second-order valence-corrected chi connectivity index (χ2v) is 13.1. The van der Waals surface area contributed by atoms with E-state index in [1.807, 2.05) is 0 Å². The number of hydrogen-bond acceptors (Lipinski definition) is 0. The Bertz CT molecular complexity index is 857. The fraction of sp³-hybridized carbons (Fsp3) is 0.353. The minimum Gasteiger partial charge on any atom is -0.0622 e. The molecule has 0 unspecified atom stereocenters. The molecule has 7 heteroatoms. The third-order valence-electron chi connectivity index (χ3n) is 5.53. The van der Waals surface area contributed by atoms with Gasteiger partial charge in [-0.3, -0.25) is 0 Å². The van der Waals surface area contributed by atoms with Gasteiger partial charge in [0.05, 0.1) is 0 Å². The standard InChI is InChI=1S/C18H15P.C12H27P.4CO.Cr/c1-4-10-16(11-5-1)19(17-12-6-2-7-13-17)18-14-8-3-9-15-18;1-4-7-10-13(11-8-5-2)12-9-6-3;4*1-2;/h1-15H;4-12H2,1-3H3;;;;;. The van der Waals surface area contributed by atoms with Gasteiger partial charge in [0.2, 0.25) is 0 Å². The summed E-state index contributed by atoms with van der Waals surface area (Å²) in [6.07, 6.45) is 13.2. The van der Waals surface area contributed by atoms with E-state index in [2.05, 4.69) is 138 Å². The summed E-state index contributed by atoms with van der Waals surface area (Å²) in [5.41, 5.74) is 0. The summed E-state index contributed by atoms with van der Waals surface area (Å²) in [7, 11) is -0.0243. The van der Waals surface area contributed by atoms with Gasteiger partial charge in [0.15, 0.2) is 0 Å². The molecule has 0 amide bonds. The first kappa shape index (κ1) is 46.0. The van der Waals surface area contributed by atoms with Crippen LogP contribution in [-0.2, 0) is 36.0 Å². The molecule has 218 valence electrons. The molecule has 3 aromatic rings. The van der Waals surface area contributed by atoms with Crippen LogP contribution in [0.5, 0.6) is 0 Å². The Labute approximate surface area is 262 Å². The van der Waals surface area contributed by atoms with Crippen molar-refractivity contribution in [1.82, 2.24) is 0 Å². The van der Waals surface area contributed by atoms with Gasteiger partial charge in [0, 0.05) is 17.4 Å². The monoisotopic (exact) mass is 628 g/mol. The van der Waals surface area contributed by atoms with Crippen LogP contribution in [0, 0.1) is 26.6 Å². The maximum absolute atomic E-state index is 7.50. The zero-order chi connectivity index (χ0) is 30.9. The summed E-state index contributed by atoms with van der Waals surface area (Å²) in [6, 6.07) is 32.3. The van der Waals surface area contributed by atoms with Crippen molar-refractivity contribution < 1.29 is 36.0 Å². The smallest absolute Gasteiger partial charge is 0 e. The zero-order valence-corrected chi connectivity index (χ0v) is 27.5. The predicted molar refractivity (Wildman–Crippen MR) is 167 cm³/mol. The number of rotatable bonds is 12. The SMILES string of the molecule is CCCCP(CCCC)CCCC.[C-]#[O+].[C-]#[O+].[C-]#[O+].[C-]#[O+].[Cr].c1ccc(P(c2ccccc2)c2ccccc2)cc1. The van der Waals surface area contributed by atoms with Crippen LogP contribution in [0.25, 0.3) is 0 Å². The zero-order valence-electron chi connectivity index (χ0n) is 24.5. The first-order valence-electron chi connectivity index (χ1n) is 13.3. The van der Waals surface area contributed by atoms with E-state index in [0.717, 1.165) is 0 Å². The van der Waals surface area contributed by atoms with E-state index in [-0.39, 0.29) is 17.4 Å². The van der Waals surface area contributed by atoms with E-state index in [9.17, 15) is 0 Å². The van der Waals surface area contributed by atoms with Crippen molar-refractivity contribution in [3.63, 3.8) is 0 Å². The van der Waals surface area contributed by atoms with Gasteiger partial charge in [-0.1, -0.05) is 131 Å². The molecule has 0 saturated heterocycles. The number of benzene rings is 3. The van der Waals surface area contributed by atoms with Gasteiger partial charge >= 0.3 is 45.2 Å². The van der Waals surface area contributed by atoms with Crippen molar-refractivity contribution in [3.05, 3.63) is 118 Å². The molecule has 0 aliphatic heterocycles. The Hall–Kier alpha value is -1.99. The van der Waals surface area contributed by atoms with E-state index >= 15 is 0 Å². The Balaban J connectivity index is -0.000000275. The summed E-state index contributed by atoms with van der Waals surface area (Å²) in [6.45, 7) is 24.9. The fourth-order valence-electron chi connectivity index (χ4n) is 3.66. The third-order valence-corrected chi connectivity index (χ3v) is 10.8. The van der Waals surface area contributed by atoms with Crippen molar-refractivity contribution >= 4 is 31.8 Å². The minimum absolute atomic E-state index is 0. The Morgan fingerprint density at radius 2 is 0.659 bits per heavy atom. The van der Waals surface area contributed by atoms with Crippen molar-refractivity contribution in [2.45, 2.75) is 59.3 Å². The molecule has 0 heterocycles. The second-order valence-electron chi connectivity index (χ2n) is 8.24. The van der Waals surface area contributed by atoms with Gasteiger partial charge < -0.3 is 0 Å². The summed E-state index contributed by atoms with van der Waals surface area (Å²) in [5, 5.41) is 4.19. The first-order chi connectivity index (χ1) is 19.8. The summed E-state index contributed by atoms with van der Waals surface area (Å²) >= 11 is 0. The van der Waals surface area contributed by atoms with Gasteiger partial charge in [-0.15, -0.1) is 7.92 Å². The topological polar surface area (TPSA) is 79.6 Å². The van der Waals surface area contributed by atoms with Crippen molar-refractivity contribution in [1.29, 1.82) is 0 Å². The van der Waals surface area contributed by atoms with Crippen LogP contribution < -0.4 is 15.9 Å². The van der Waals surface area contributed by atoms with Crippen LogP contribution in [0.1, 0.15) is 59.3 Å². The predicted octanol–water partition coefficient (Wildman–Crippen LogP) is 8.16. The number of hydrogen-bond donors (Lipinski definition) is 0. The van der Waals surface area contributed by atoms with Gasteiger partial charge in [0.25, 0.3) is 0 Å². The van der Waals surface area contributed by atoms with Gasteiger partial charge in [-0.25, -0.2) is 0 Å².